The normalized spacial score (nSPS) is 15.5. The molecular weight excluding hydrogens is 345 g/mol. The Bertz CT molecular complexity index is 781. The fourth-order valence-corrected chi connectivity index (χ4v) is 3.35. The summed E-state index contributed by atoms with van der Waals surface area (Å²) in [5.41, 5.74) is -0.979. The van der Waals surface area contributed by atoms with Gasteiger partial charge in [0.1, 0.15) is 5.00 Å². The molecule has 0 aliphatic carbocycles. The highest BCUT2D eigenvalue weighted by Gasteiger charge is 2.34. The molecule has 0 atom stereocenters. The number of morpholine rings is 1. The summed E-state index contributed by atoms with van der Waals surface area (Å²) >= 11 is 0.889. The van der Waals surface area contributed by atoms with Crippen molar-refractivity contribution in [2.75, 3.05) is 42.4 Å². The zero-order chi connectivity index (χ0) is 17.3. The summed E-state index contributed by atoms with van der Waals surface area (Å²) in [6.07, 6.45) is -4.52. The molecule has 1 fully saturated rings. The smallest absolute Gasteiger partial charge is 0.378 e. The van der Waals surface area contributed by atoms with Crippen LogP contribution in [0.15, 0.2) is 29.1 Å². The van der Waals surface area contributed by atoms with E-state index >= 15 is 0 Å². The summed E-state index contributed by atoms with van der Waals surface area (Å²) in [7, 11) is 0. The number of rotatable bonds is 3. The van der Waals surface area contributed by atoms with Gasteiger partial charge in [0, 0.05) is 13.1 Å². The highest BCUT2D eigenvalue weighted by molar-refractivity contribution is 7.14. The Balaban J connectivity index is 2.01. The molecule has 0 unspecified atom stereocenters. The molecule has 24 heavy (non-hydrogen) atoms. The lowest BCUT2D eigenvalue weighted by atomic mass is 10.1. The number of hydrogen-bond donors (Lipinski definition) is 2. The molecule has 10 heteroatoms. The summed E-state index contributed by atoms with van der Waals surface area (Å²) in [5, 5.41) is 3.18. The summed E-state index contributed by atoms with van der Waals surface area (Å²) in [6.45, 7) is 2.04. The Kier molecular flexibility index (Phi) is 4.41. The number of benzene rings is 1. The summed E-state index contributed by atoms with van der Waals surface area (Å²) < 4.78 is 45.5. The topological polar surface area (TPSA) is 72.5 Å². The largest absolute Gasteiger partial charge is 0.418 e. The first kappa shape index (κ1) is 16.7. The molecule has 0 saturated carbocycles. The van der Waals surface area contributed by atoms with Crippen LogP contribution < -0.4 is 20.9 Å². The van der Waals surface area contributed by atoms with Crippen molar-refractivity contribution in [2.45, 2.75) is 6.18 Å². The van der Waals surface area contributed by atoms with Crippen molar-refractivity contribution in [2.24, 2.45) is 0 Å². The molecule has 130 valence electrons. The van der Waals surface area contributed by atoms with Crippen molar-refractivity contribution in [3.63, 3.8) is 0 Å². The Morgan fingerprint density at radius 3 is 2.54 bits per heavy atom. The van der Waals surface area contributed by atoms with Gasteiger partial charge in [-0.3, -0.25) is 4.79 Å². The number of alkyl halides is 3. The number of thiazole rings is 1. The van der Waals surface area contributed by atoms with Crippen molar-refractivity contribution in [3.8, 4) is 0 Å². The van der Waals surface area contributed by atoms with Crippen LogP contribution in [0.3, 0.4) is 0 Å². The molecule has 1 aromatic carbocycles. The van der Waals surface area contributed by atoms with Gasteiger partial charge in [-0.15, -0.1) is 0 Å². The standard InChI is InChI=1S/C14H15F3N4O2S/c15-14(16,17)9-3-1-2-4-10(9)19-11-12(24-13(22)21(11)18)20-5-7-23-8-6-20/h1-4,19H,5-8,18H2. The minimum atomic E-state index is -4.52. The average molecular weight is 360 g/mol. The maximum Gasteiger partial charge on any atom is 0.418 e. The second-order valence-corrected chi connectivity index (χ2v) is 6.10. The molecule has 0 amide bonds. The fraction of sp³-hybridized carbons (Fsp3) is 0.357. The van der Waals surface area contributed by atoms with Crippen LogP contribution in [-0.2, 0) is 10.9 Å². The van der Waals surface area contributed by atoms with Crippen LogP contribution in [0.5, 0.6) is 0 Å². The van der Waals surface area contributed by atoms with E-state index in [0.29, 0.717) is 31.3 Å². The molecule has 1 saturated heterocycles. The van der Waals surface area contributed by atoms with E-state index in [0.717, 1.165) is 22.1 Å². The van der Waals surface area contributed by atoms with Crippen molar-refractivity contribution in [1.82, 2.24) is 4.68 Å². The van der Waals surface area contributed by atoms with E-state index < -0.39 is 16.6 Å². The van der Waals surface area contributed by atoms with Gasteiger partial charge < -0.3 is 20.8 Å². The monoisotopic (exact) mass is 360 g/mol. The van der Waals surface area contributed by atoms with Crippen molar-refractivity contribution < 1.29 is 17.9 Å². The highest BCUT2D eigenvalue weighted by atomic mass is 32.1. The number of nitrogen functional groups attached to an aromatic ring is 1. The molecule has 1 aliphatic heterocycles. The Hall–Kier alpha value is -2.20. The number of nitrogens with zero attached hydrogens (tertiary/aromatic N) is 2. The van der Waals surface area contributed by atoms with Gasteiger partial charge in [0.15, 0.2) is 5.82 Å². The molecular formula is C14H15F3N4O2S. The maximum absolute atomic E-state index is 13.1. The van der Waals surface area contributed by atoms with Crippen LogP contribution in [0.2, 0.25) is 0 Å². The minimum Gasteiger partial charge on any atom is -0.378 e. The Morgan fingerprint density at radius 1 is 1.21 bits per heavy atom. The molecule has 0 radical (unpaired) electrons. The van der Waals surface area contributed by atoms with E-state index in [-0.39, 0.29) is 11.5 Å². The van der Waals surface area contributed by atoms with E-state index in [4.69, 9.17) is 10.6 Å². The first-order chi connectivity index (χ1) is 11.4. The summed E-state index contributed by atoms with van der Waals surface area (Å²) in [6, 6.07) is 5.06. The van der Waals surface area contributed by atoms with Crippen LogP contribution in [0.1, 0.15) is 5.56 Å². The van der Waals surface area contributed by atoms with Crippen LogP contribution >= 0.6 is 11.3 Å². The van der Waals surface area contributed by atoms with Crippen LogP contribution in [0.25, 0.3) is 0 Å². The first-order valence-electron chi connectivity index (χ1n) is 7.15. The van der Waals surface area contributed by atoms with Gasteiger partial charge >= 0.3 is 11.0 Å². The molecule has 2 heterocycles. The second-order valence-electron chi connectivity index (χ2n) is 5.16. The van der Waals surface area contributed by atoms with Crippen molar-refractivity contribution in [3.05, 3.63) is 39.5 Å². The second kappa shape index (κ2) is 6.36. The number of hydrogen-bond acceptors (Lipinski definition) is 6. The lowest BCUT2D eigenvalue weighted by Crippen LogP contribution is -2.36. The Labute approximate surface area is 139 Å². The van der Waals surface area contributed by atoms with Gasteiger partial charge in [-0.1, -0.05) is 23.5 Å². The SMILES string of the molecule is Nn1c(Nc2ccccc2C(F)(F)F)c(N2CCOCC2)sc1=O. The van der Waals surface area contributed by atoms with Gasteiger partial charge in [-0.25, -0.2) is 0 Å². The van der Waals surface area contributed by atoms with Crippen LogP contribution in [0, 0.1) is 0 Å². The molecule has 1 aromatic heterocycles. The molecule has 6 nitrogen and oxygen atoms in total. The summed E-state index contributed by atoms with van der Waals surface area (Å²) in [5.74, 6) is 5.87. The van der Waals surface area contributed by atoms with E-state index in [1.54, 1.807) is 0 Å². The van der Waals surface area contributed by atoms with Gasteiger partial charge in [-0.2, -0.15) is 17.8 Å². The number of para-hydroxylation sites is 1. The predicted molar refractivity (Wildman–Crippen MR) is 86.5 cm³/mol. The van der Waals surface area contributed by atoms with E-state index in [9.17, 15) is 18.0 Å². The van der Waals surface area contributed by atoms with E-state index in [1.165, 1.54) is 18.2 Å². The molecule has 1 aliphatic rings. The third kappa shape index (κ3) is 3.20. The number of halogens is 3. The number of nitrogens with one attached hydrogen (secondary N) is 1. The zero-order valence-corrected chi connectivity index (χ0v) is 13.3. The molecule has 0 bridgehead atoms. The highest BCUT2D eigenvalue weighted by Crippen LogP contribution is 2.38. The van der Waals surface area contributed by atoms with Gasteiger partial charge in [-0.05, 0) is 12.1 Å². The lowest BCUT2D eigenvalue weighted by Gasteiger charge is -2.28. The van der Waals surface area contributed by atoms with Crippen molar-refractivity contribution in [1.29, 1.82) is 0 Å². The number of nitrogens with two attached hydrogens (primary N) is 1. The van der Waals surface area contributed by atoms with E-state index in [2.05, 4.69) is 5.32 Å². The third-order valence-corrected chi connectivity index (χ3v) is 4.62. The average Bonchev–Trinajstić information content (AvgIpc) is 2.84. The quantitative estimate of drug-likeness (QED) is 0.822. The minimum absolute atomic E-state index is 0.142. The van der Waals surface area contributed by atoms with Crippen LogP contribution in [-0.4, -0.2) is 31.0 Å². The van der Waals surface area contributed by atoms with Crippen molar-refractivity contribution >= 4 is 27.8 Å². The van der Waals surface area contributed by atoms with Gasteiger partial charge in [0.2, 0.25) is 0 Å². The van der Waals surface area contributed by atoms with Gasteiger partial charge in [0.05, 0.1) is 24.5 Å². The third-order valence-electron chi connectivity index (χ3n) is 3.61. The molecule has 3 N–H and O–H groups in total. The molecule has 0 spiro atoms. The number of ether oxygens (including phenoxy) is 1. The lowest BCUT2D eigenvalue weighted by molar-refractivity contribution is -0.136. The fourth-order valence-electron chi connectivity index (χ4n) is 2.44. The molecule has 3 rings (SSSR count). The van der Waals surface area contributed by atoms with Crippen LogP contribution in [0.4, 0.5) is 29.7 Å². The summed E-state index contributed by atoms with van der Waals surface area (Å²) in [4.78, 5) is 13.3. The first-order valence-corrected chi connectivity index (χ1v) is 7.96. The number of aromatic nitrogens is 1. The predicted octanol–water partition coefficient (Wildman–Crippen LogP) is 2.22. The Morgan fingerprint density at radius 2 is 1.88 bits per heavy atom. The number of anilines is 3. The molecule has 2 aromatic rings. The zero-order valence-electron chi connectivity index (χ0n) is 12.5. The van der Waals surface area contributed by atoms with E-state index in [1.807, 2.05) is 4.90 Å². The maximum atomic E-state index is 13.1. The van der Waals surface area contributed by atoms with Gasteiger partial charge in [0.25, 0.3) is 0 Å².